The van der Waals surface area contributed by atoms with Gasteiger partial charge in [-0.15, -0.1) is 0 Å². The molecule has 0 aliphatic rings. The number of benzene rings is 2. The molecule has 0 aliphatic carbocycles. The number of amides is 2. The number of hydrogen-bond donors (Lipinski definition) is 2. The van der Waals surface area contributed by atoms with Gasteiger partial charge >= 0.3 is 0 Å². The highest BCUT2D eigenvalue weighted by atomic mass is 16.2. The molecule has 0 spiro atoms. The van der Waals surface area contributed by atoms with Crippen LogP contribution in [-0.2, 0) is 4.79 Å². The molecule has 0 aliphatic heterocycles. The second kappa shape index (κ2) is 8.35. The molecular formula is C22H22N4O2. The second-order valence-electron chi connectivity index (χ2n) is 6.31. The summed E-state index contributed by atoms with van der Waals surface area (Å²) in [5, 5.41) is 10.2. The molecule has 6 heteroatoms. The fraction of sp³-hybridized carbons (Fsp3) is 0.136. The van der Waals surface area contributed by atoms with Crippen LogP contribution < -0.4 is 10.6 Å². The first-order chi connectivity index (χ1) is 13.5. The Morgan fingerprint density at radius 3 is 2.29 bits per heavy atom. The number of carbonyl (C=O) groups is 2. The van der Waals surface area contributed by atoms with Gasteiger partial charge < -0.3 is 10.6 Å². The Kier molecular flexibility index (Phi) is 5.69. The minimum atomic E-state index is -0.231. The Bertz CT molecular complexity index is 1020. The number of anilines is 2. The van der Waals surface area contributed by atoms with Gasteiger partial charge in [-0.2, -0.15) is 5.10 Å². The van der Waals surface area contributed by atoms with Crippen molar-refractivity contribution in [1.29, 1.82) is 0 Å². The summed E-state index contributed by atoms with van der Waals surface area (Å²) in [5.41, 5.74) is 4.35. The SMILES string of the molecule is C/C=C/C(=O)Nc1ccc(C(=O)Nc2c(C)nn(-c3ccccc3)c2C)cc1. The van der Waals surface area contributed by atoms with Crippen LogP contribution in [0.5, 0.6) is 0 Å². The molecule has 3 rings (SSSR count). The topological polar surface area (TPSA) is 76.0 Å². The molecule has 6 nitrogen and oxygen atoms in total. The number of aromatic nitrogens is 2. The number of nitrogens with one attached hydrogen (secondary N) is 2. The lowest BCUT2D eigenvalue weighted by atomic mass is 10.2. The predicted molar refractivity (Wildman–Crippen MR) is 111 cm³/mol. The zero-order valence-corrected chi connectivity index (χ0v) is 16.1. The lowest BCUT2D eigenvalue weighted by Crippen LogP contribution is -2.13. The number of hydrogen-bond acceptors (Lipinski definition) is 3. The molecule has 0 fully saturated rings. The minimum Gasteiger partial charge on any atom is -0.323 e. The fourth-order valence-corrected chi connectivity index (χ4v) is 2.87. The van der Waals surface area contributed by atoms with Gasteiger partial charge in [-0.1, -0.05) is 24.3 Å². The van der Waals surface area contributed by atoms with Crippen LogP contribution in [-0.4, -0.2) is 21.6 Å². The third-order valence-corrected chi connectivity index (χ3v) is 4.26. The van der Waals surface area contributed by atoms with Gasteiger partial charge in [-0.3, -0.25) is 9.59 Å². The zero-order chi connectivity index (χ0) is 20.1. The van der Waals surface area contributed by atoms with Gasteiger partial charge in [0.25, 0.3) is 5.91 Å². The molecule has 2 aromatic carbocycles. The van der Waals surface area contributed by atoms with Gasteiger partial charge in [0, 0.05) is 11.3 Å². The first-order valence-electron chi connectivity index (χ1n) is 8.96. The van der Waals surface area contributed by atoms with Gasteiger partial charge in [0.1, 0.15) is 0 Å². The normalized spacial score (nSPS) is 10.8. The van der Waals surface area contributed by atoms with Crippen molar-refractivity contribution in [3.05, 3.63) is 83.7 Å². The average molecular weight is 374 g/mol. The molecule has 0 bridgehead atoms. The van der Waals surface area contributed by atoms with E-state index < -0.39 is 0 Å². The van der Waals surface area contributed by atoms with Crippen molar-refractivity contribution in [2.75, 3.05) is 10.6 Å². The van der Waals surface area contributed by atoms with Crippen LogP contribution in [0.4, 0.5) is 11.4 Å². The minimum absolute atomic E-state index is 0.209. The zero-order valence-electron chi connectivity index (χ0n) is 16.1. The molecular weight excluding hydrogens is 352 g/mol. The molecule has 0 saturated heterocycles. The van der Waals surface area contributed by atoms with Crippen LogP contribution in [0.25, 0.3) is 5.69 Å². The van der Waals surface area contributed by atoms with Crippen molar-refractivity contribution in [3.8, 4) is 5.69 Å². The van der Waals surface area contributed by atoms with Crippen LogP contribution in [0.2, 0.25) is 0 Å². The molecule has 28 heavy (non-hydrogen) atoms. The van der Waals surface area contributed by atoms with Crippen molar-refractivity contribution in [3.63, 3.8) is 0 Å². The van der Waals surface area contributed by atoms with Crippen molar-refractivity contribution >= 4 is 23.2 Å². The van der Waals surface area contributed by atoms with Crippen LogP contribution in [0, 0.1) is 13.8 Å². The van der Waals surface area contributed by atoms with E-state index in [0.717, 1.165) is 17.1 Å². The Balaban J connectivity index is 1.76. The summed E-state index contributed by atoms with van der Waals surface area (Å²) >= 11 is 0. The van der Waals surface area contributed by atoms with E-state index >= 15 is 0 Å². The predicted octanol–water partition coefficient (Wildman–Crippen LogP) is 4.26. The number of rotatable bonds is 5. The van der Waals surface area contributed by atoms with E-state index in [4.69, 9.17) is 0 Å². The maximum Gasteiger partial charge on any atom is 0.255 e. The van der Waals surface area contributed by atoms with Gasteiger partial charge in [0.2, 0.25) is 5.91 Å². The number of allylic oxidation sites excluding steroid dienone is 1. The number of nitrogens with zero attached hydrogens (tertiary/aromatic N) is 2. The van der Waals surface area contributed by atoms with Crippen LogP contribution in [0.1, 0.15) is 28.7 Å². The maximum absolute atomic E-state index is 12.7. The van der Waals surface area contributed by atoms with Crippen LogP contribution in [0.15, 0.2) is 66.7 Å². The van der Waals surface area contributed by atoms with Crippen molar-refractivity contribution in [1.82, 2.24) is 9.78 Å². The molecule has 0 atom stereocenters. The lowest BCUT2D eigenvalue weighted by molar-refractivity contribution is -0.111. The van der Waals surface area contributed by atoms with E-state index in [1.165, 1.54) is 6.08 Å². The monoisotopic (exact) mass is 374 g/mol. The highest BCUT2D eigenvalue weighted by molar-refractivity contribution is 6.05. The molecule has 0 radical (unpaired) electrons. The van der Waals surface area contributed by atoms with Crippen molar-refractivity contribution in [2.24, 2.45) is 0 Å². The number of carbonyl (C=O) groups excluding carboxylic acids is 2. The molecule has 2 amide bonds. The highest BCUT2D eigenvalue weighted by Crippen LogP contribution is 2.23. The van der Waals surface area contributed by atoms with E-state index in [0.29, 0.717) is 16.9 Å². The van der Waals surface area contributed by atoms with Gasteiger partial charge in [-0.05, 0) is 63.2 Å². The third kappa shape index (κ3) is 4.17. The van der Waals surface area contributed by atoms with Crippen molar-refractivity contribution < 1.29 is 9.59 Å². The highest BCUT2D eigenvalue weighted by Gasteiger charge is 2.16. The van der Waals surface area contributed by atoms with Gasteiger partial charge in [-0.25, -0.2) is 4.68 Å². The smallest absolute Gasteiger partial charge is 0.255 e. The van der Waals surface area contributed by atoms with Crippen molar-refractivity contribution in [2.45, 2.75) is 20.8 Å². The molecule has 2 N–H and O–H groups in total. The lowest BCUT2D eigenvalue weighted by Gasteiger charge is -2.08. The van der Waals surface area contributed by atoms with E-state index in [1.807, 2.05) is 48.9 Å². The summed E-state index contributed by atoms with van der Waals surface area (Å²) in [6.07, 6.45) is 3.11. The Morgan fingerprint density at radius 2 is 1.64 bits per heavy atom. The van der Waals surface area contributed by atoms with E-state index in [9.17, 15) is 9.59 Å². The van der Waals surface area contributed by atoms with Gasteiger partial charge in [0.15, 0.2) is 0 Å². The average Bonchev–Trinajstić information content (AvgIpc) is 2.97. The number of aryl methyl sites for hydroxylation is 1. The molecule has 1 heterocycles. The summed E-state index contributed by atoms with van der Waals surface area (Å²) in [6.45, 7) is 5.56. The summed E-state index contributed by atoms with van der Waals surface area (Å²) in [5.74, 6) is -0.440. The summed E-state index contributed by atoms with van der Waals surface area (Å²) < 4.78 is 1.81. The molecule has 0 unspecified atom stereocenters. The Hall–Kier alpha value is -3.67. The first kappa shape index (κ1) is 19.1. The largest absolute Gasteiger partial charge is 0.323 e. The second-order valence-corrected chi connectivity index (χ2v) is 6.31. The quantitative estimate of drug-likeness (QED) is 0.655. The molecule has 142 valence electrons. The van der Waals surface area contributed by atoms with E-state index in [1.54, 1.807) is 37.3 Å². The summed E-state index contributed by atoms with van der Waals surface area (Å²) in [6, 6.07) is 16.5. The fourth-order valence-electron chi connectivity index (χ4n) is 2.87. The molecule has 1 aromatic heterocycles. The standard InChI is InChI=1S/C22H22N4O2/c1-4-8-20(27)23-18-13-11-17(12-14-18)22(28)24-21-15(2)25-26(16(21)3)19-9-6-5-7-10-19/h4-14H,1-3H3,(H,23,27)(H,24,28)/b8-4+. The molecule has 0 saturated carbocycles. The number of para-hydroxylation sites is 1. The van der Waals surface area contributed by atoms with Crippen LogP contribution >= 0.6 is 0 Å². The van der Waals surface area contributed by atoms with Crippen LogP contribution in [0.3, 0.4) is 0 Å². The van der Waals surface area contributed by atoms with E-state index in [2.05, 4.69) is 15.7 Å². The maximum atomic E-state index is 12.7. The van der Waals surface area contributed by atoms with E-state index in [-0.39, 0.29) is 11.8 Å². The Morgan fingerprint density at radius 1 is 0.964 bits per heavy atom. The summed E-state index contributed by atoms with van der Waals surface area (Å²) in [4.78, 5) is 24.2. The first-order valence-corrected chi connectivity index (χ1v) is 8.96. The summed E-state index contributed by atoms with van der Waals surface area (Å²) in [7, 11) is 0. The molecule has 3 aromatic rings. The third-order valence-electron chi connectivity index (χ3n) is 4.26. The Labute approximate surface area is 163 Å². The van der Waals surface area contributed by atoms with Gasteiger partial charge in [0.05, 0.1) is 22.8 Å².